The molecule has 0 saturated carbocycles. The molecular formula is C27H31N3O4S. The van der Waals surface area contributed by atoms with Crippen molar-refractivity contribution >= 4 is 34.7 Å². The molecule has 1 heterocycles. The molecule has 0 fully saturated rings. The molecule has 1 aromatic heterocycles. The van der Waals surface area contributed by atoms with Crippen LogP contribution in [0.5, 0.6) is 5.75 Å². The van der Waals surface area contributed by atoms with E-state index in [9.17, 15) is 14.4 Å². The Hall–Kier alpha value is -3.65. The zero-order valence-electron chi connectivity index (χ0n) is 20.4. The quantitative estimate of drug-likeness (QED) is 0.433. The normalized spacial score (nSPS) is 11.9. The number of para-hydroxylation sites is 1. The van der Waals surface area contributed by atoms with Crippen molar-refractivity contribution in [3.63, 3.8) is 0 Å². The van der Waals surface area contributed by atoms with E-state index < -0.39 is 17.5 Å². The molecule has 2 N–H and O–H groups in total. The molecule has 0 radical (unpaired) electrons. The number of nitrogens with zero attached hydrogens (tertiary/aromatic N) is 1. The van der Waals surface area contributed by atoms with Crippen LogP contribution in [0, 0.1) is 0 Å². The Balaban J connectivity index is 2.00. The summed E-state index contributed by atoms with van der Waals surface area (Å²) in [5, 5.41) is 7.56. The van der Waals surface area contributed by atoms with Gasteiger partial charge >= 0.3 is 0 Å². The van der Waals surface area contributed by atoms with Gasteiger partial charge in [-0.3, -0.25) is 19.3 Å². The molecule has 3 aromatic rings. The van der Waals surface area contributed by atoms with Crippen molar-refractivity contribution in [3.05, 3.63) is 82.6 Å². The summed E-state index contributed by atoms with van der Waals surface area (Å²) in [4.78, 5) is 41.7. The lowest BCUT2D eigenvalue weighted by Gasteiger charge is -2.34. The predicted octanol–water partition coefficient (Wildman–Crippen LogP) is 4.57. The second-order valence-corrected chi connectivity index (χ2v) is 9.61. The third kappa shape index (κ3) is 6.70. The van der Waals surface area contributed by atoms with Gasteiger partial charge in [0.2, 0.25) is 11.8 Å². The fourth-order valence-electron chi connectivity index (χ4n) is 3.46. The van der Waals surface area contributed by atoms with Crippen molar-refractivity contribution in [2.75, 3.05) is 18.6 Å². The summed E-state index contributed by atoms with van der Waals surface area (Å²) in [5.74, 6) is -0.420. The Morgan fingerprint density at radius 3 is 2.26 bits per heavy atom. The number of rotatable bonds is 10. The second-order valence-electron chi connectivity index (χ2n) is 8.66. The van der Waals surface area contributed by atoms with Gasteiger partial charge in [-0.05, 0) is 61.5 Å². The molecule has 0 saturated heterocycles. The van der Waals surface area contributed by atoms with Gasteiger partial charge in [-0.2, -0.15) is 0 Å². The maximum absolute atomic E-state index is 13.7. The zero-order valence-corrected chi connectivity index (χ0v) is 21.2. The number of methoxy groups -OCH3 is 1. The third-order valence-electron chi connectivity index (χ3n) is 5.73. The molecule has 0 unspecified atom stereocenters. The molecule has 1 atom stereocenters. The molecule has 0 bridgehead atoms. The van der Waals surface area contributed by atoms with Crippen molar-refractivity contribution in [1.82, 2.24) is 10.6 Å². The second kappa shape index (κ2) is 11.7. The van der Waals surface area contributed by atoms with E-state index >= 15 is 0 Å². The first-order valence-electron chi connectivity index (χ1n) is 11.4. The fourth-order valence-corrected chi connectivity index (χ4v) is 4.10. The Morgan fingerprint density at radius 2 is 1.69 bits per heavy atom. The number of hydrogen-bond acceptors (Lipinski definition) is 5. The largest absolute Gasteiger partial charge is 0.497 e. The molecule has 0 aliphatic carbocycles. The highest BCUT2D eigenvalue weighted by atomic mass is 32.1. The van der Waals surface area contributed by atoms with Crippen molar-refractivity contribution in [2.24, 2.45) is 0 Å². The summed E-state index contributed by atoms with van der Waals surface area (Å²) < 4.78 is 5.27. The summed E-state index contributed by atoms with van der Waals surface area (Å²) in [7, 11) is 1.57. The van der Waals surface area contributed by atoms with Crippen LogP contribution in [0.15, 0.2) is 72.1 Å². The van der Waals surface area contributed by atoms with E-state index in [2.05, 4.69) is 10.6 Å². The summed E-state index contributed by atoms with van der Waals surface area (Å²) in [6.07, 6.45) is 0.713. The first-order valence-corrected chi connectivity index (χ1v) is 12.3. The van der Waals surface area contributed by atoms with Crippen LogP contribution in [0.1, 0.15) is 48.5 Å². The number of ether oxygens (including phenoxy) is 1. The van der Waals surface area contributed by atoms with Gasteiger partial charge in [-0.1, -0.05) is 43.3 Å². The average molecular weight is 494 g/mol. The molecule has 0 aliphatic rings. The number of benzene rings is 2. The van der Waals surface area contributed by atoms with Gasteiger partial charge in [-0.25, -0.2) is 0 Å². The highest BCUT2D eigenvalue weighted by Crippen LogP contribution is 2.30. The minimum atomic E-state index is -0.958. The van der Waals surface area contributed by atoms with E-state index in [4.69, 9.17) is 4.74 Å². The molecule has 0 spiro atoms. The van der Waals surface area contributed by atoms with Gasteiger partial charge in [-0.15, -0.1) is 11.3 Å². The number of carbonyl (C=O) groups excluding carboxylic acids is 3. The van der Waals surface area contributed by atoms with Crippen LogP contribution in [-0.2, 0) is 9.59 Å². The van der Waals surface area contributed by atoms with Gasteiger partial charge in [0.05, 0.1) is 18.5 Å². The lowest BCUT2D eigenvalue weighted by Crippen LogP contribution is -2.52. The van der Waals surface area contributed by atoms with E-state index in [1.165, 1.54) is 16.2 Å². The summed E-state index contributed by atoms with van der Waals surface area (Å²) in [6, 6.07) is 18.6. The Kier molecular flexibility index (Phi) is 8.65. The van der Waals surface area contributed by atoms with Crippen LogP contribution in [0.4, 0.5) is 5.69 Å². The van der Waals surface area contributed by atoms with Crippen LogP contribution in [-0.4, -0.2) is 36.9 Å². The maximum atomic E-state index is 13.7. The van der Waals surface area contributed by atoms with E-state index in [-0.39, 0.29) is 18.4 Å². The molecule has 8 heteroatoms. The number of amides is 3. The van der Waals surface area contributed by atoms with Crippen molar-refractivity contribution < 1.29 is 19.1 Å². The SMILES string of the molecule is CCC(C)(C)NC(=O)[C@H](c1ccc(OC)cc1)N(C(=O)CNC(=O)c1cccs1)c1ccccc1. The lowest BCUT2D eigenvalue weighted by molar-refractivity contribution is -0.127. The standard InChI is InChI=1S/C27H31N3O4S/c1-5-27(2,3)29-26(33)24(19-13-15-21(34-4)16-14-19)30(20-10-7-6-8-11-20)23(31)18-28-25(32)22-12-9-17-35-22/h6-17,24H,5,18H2,1-4H3,(H,28,32)(H,29,33)/t24-/m0/s1. The highest BCUT2D eigenvalue weighted by molar-refractivity contribution is 7.12. The molecule has 184 valence electrons. The van der Waals surface area contributed by atoms with Gasteiger partial charge in [0.25, 0.3) is 5.91 Å². The molecule has 3 amide bonds. The fraction of sp³-hybridized carbons (Fsp3) is 0.296. The Morgan fingerprint density at radius 1 is 1.00 bits per heavy atom. The Labute approximate surface area is 210 Å². The van der Waals surface area contributed by atoms with E-state index in [1.807, 2.05) is 26.8 Å². The van der Waals surface area contributed by atoms with Gasteiger partial charge in [0.15, 0.2) is 0 Å². The topological polar surface area (TPSA) is 87.7 Å². The van der Waals surface area contributed by atoms with Gasteiger partial charge < -0.3 is 15.4 Å². The van der Waals surface area contributed by atoms with Crippen molar-refractivity contribution in [1.29, 1.82) is 0 Å². The lowest BCUT2D eigenvalue weighted by atomic mass is 9.98. The summed E-state index contributed by atoms with van der Waals surface area (Å²) >= 11 is 1.29. The molecule has 2 aromatic carbocycles. The highest BCUT2D eigenvalue weighted by Gasteiger charge is 2.35. The number of anilines is 1. The minimum Gasteiger partial charge on any atom is -0.497 e. The molecule has 35 heavy (non-hydrogen) atoms. The molecule has 0 aliphatic heterocycles. The van der Waals surface area contributed by atoms with Crippen LogP contribution < -0.4 is 20.3 Å². The van der Waals surface area contributed by atoms with Crippen LogP contribution in [0.25, 0.3) is 0 Å². The molecule has 7 nitrogen and oxygen atoms in total. The third-order valence-corrected chi connectivity index (χ3v) is 6.60. The van der Waals surface area contributed by atoms with Crippen LogP contribution in [0.2, 0.25) is 0 Å². The first-order chi connectivity index (χ1) is 16.8. The zero-order chi connectivity index (χ0) is 25.4. The number of thiophene rings is 1. The van der Waals surface area contributed by atoms with Crippen molar-refractivity contribution in [2.45, 2.75) is 38.8 Å². The summed E-state index contributed by atoms with van der Waals surface area (Å²) in [5.41, 5.74) is 0.700. The maximum Gasteiger partial charge on any atom is 0.261 e. The van der Waals surface area contributed by atoms with E-state index in [0.717, 1.165) is 0 Å². The van der Waals surface area contributed by atoms with E-state index in [0.29, 0.717) is 28.3 Å². The molecule has 3 rings (SSSR count). The number of nitrogens with one attached hydrogen (secondary N) is 2. The predicted molar refractivity (Wildman–Crippen MR) is 139 cm³/mol. The summed E-state index contributed by atoms with van der Waals surface area (Å²) in [6.45, 7) is 5.60. The Bertz CT molecular complexity index is 1130. The van der Waals surface area contributed by atoms with Crippen molar-refractivity contribution in [3.8, 4) is 5.75 Å². The smallest absolute Gasteiger partial charge is 0.261 e. The monoisotopic (exact) mass is 493 g/mol. The van der Waals surface area contributed by atoms with Crippen LogP contribution in [0.3, 0.4) is 0 Å². The number of hydrogen-bond donors (Lipinski definition) is 2. The average Bonchev–Trinajstić information content (AvgIpc) is 3.41. The number of carbonyl (C=O) groups is 3. The van der Waals surface area contributed by atoms with Crippen LogP contribution >= 0.6 is 11.3 Å². The molecular weight excluding hydrogens is 462 g/mol. The minimum absolute atomic E-state index is 0.261. The van der Waals surface area contributed by atoms with Gasteiger partial charge in [0.1, 0.15) is 11.8 Å². The van der Waals surface area contributed by atoms with E-state index in [1.54, 1.807) is 73.2 Å². The van der Waals surface area contributed by atoms with Gasteiger partial charge in [0, 0.05) is 11.2 Å². The first kappa shape index (κ1) is 26.0.